The number of H-pyrrole nitrogens is 1. The van der Waals surface area contributed by atoms with Gasteiger partial charge < -0.3 is 15.6 Å². The molecule has 0 aliphatic carbocycles. The monoisotopic (exact) mass is 462 g/mol. The average Bonchev–Trinajstić information content (AvgIpc) is 3.42. The predicted molar refractivity (Wildman–Crippen MR) is 128 cm³/mol. The molecule has 0 aliphatic rings. The Labute approximate surface area is 193 Å². The Balaban J connectivity index is 1.19. The summed E-state index contributed by atoms with van der Waals surface area (Å²) in [6.07, 6.45) is 4.66. The summed E-state index contributed by atoms with van der Waals surface area (Å²) in [4.78, 5) is 26.2. The number of pyridine rings is 1. The first-order chi connectivity index (χ1) is 16.2. The van der Waals surface area contributed by atoms with Crippen molar-refractivity contribution in [3.63, 3.8) is 0 Å². The molecule has 0 spiro atoms. The molecule has 0 unspecified atom stereocenters. The number of para-hydroxylation sites is 2. The highest BCUT2D eigenvalue weighted by atomic mass is 32.1. The second-order valence-electron chi connectivity index (χ2n) is 7.78. The highest BCUT2D eigenvalue weighted by Crippen LogP contribution is 2.25. The van der Waals surface area contributed by atoms with Crippen molar-refractivity contribution in [1.29, 1.82) is 0 Å². The number of hydrogen-bond acceptors (Lipinski definition) is 8. The van der Waals surface area contributed by atoms with E-state index in [1.807, 2.05) is 24.3 Å². The van der Waals surface area contributed by atoms with Crippen LogP contribution in [-0.4, -0.2) is 42.5 Å². The number of aromatic nitrogens is 6. The molecule has 8 nitrogen and oxygen atoms in total. The first-order valence-electron chi connectivity index (χ1n) is 10.8. The molecule has 0 amide bonds. The minimum atomic E-state index is -0.350. The number of imidazole rings is 1. The van der Waals surface area contributed by atoms with Gasteiger partial charge in [0.15, 0.2) is 5.82 Å². The second kappa shape index (κ2) is 9.55. The van der Waals surface area contributed by atoms with Gasteiger partial charge in [0.05, 0.1) is 28.3 Å². The minimum Gasteiger partial charge on any atom is -0.362 e. The lowest BCUT2D eigenvalue weighted by molar-refractivity contribution is 0.544. The van der Waals surface area contributed by atoms with E-state index in [-0.39, 0.29) is 18.4 Å². The van der Waals surface area contributed by atoms with E-state index in [1.165, 1.54) is 12.4 Å². The van der Waals surface area contributed by atoms with E-state index in [0.29, 0.717) is 17.0 Å². The maximum absolute atomic E-state index is 13.9. The normalized spacial score (nSPS) is 12.4. The van der Waals surface area contributed by atoms with E-state index in [2.05, 4.69) is 42.5 Å². The van der Waals surface area contributed by atoms with Crippen LogP contribution in [0.3, 0.4) is 0 Å². The van der Waals surface area contributed by atoms with Crippen LogP contribution >= 0.6 is 11.3 Å². The van der Waals surface area contributed by atoms with Crippen molar-refractivity contribution in [3.8, 4) is 0 Å². The highest BCUT2D eigenvalue weighted by molar-refractivity contribution is 7.18. The van der Waals surface area contributed by atoms with Crippen molar-refractivity contribution in [1.82, 2.24) is 35.2 Å². The first kappa shape index (κ1) is 21.4. The molecule has 10 heteroatoms. The van der Waals surface area contributed by atoms with Gasteiger partial charge in [0.2, 0.25) is 0 Å². The summed E-state index contributed by atoms with van der Waals surface area (Å²) in [5, 5.41) is 7.65. The highest BCUT2D eigenvalue weighted by Gasteiger charge is 2.14. The summed E-state index contributed by atoms with van der Waals surface area (Å²) >= 11 is 1.55. The molecule has 0 saturated heterocycles. The van der Waals surface area contributed by atoms with E-state index in [9.17, 15) is 4.39 Å². The molecule has 0 fully saturated rings. The molecule has 5 aromatic rings. The summed E-state index contributed by atoms with van der Waals surface area (Å²) in [5.74, 6) is 1.21. The minimum absolute atomic E-state index is 0.228. The molecular formula is C23H23FN8S. The lowest BCUT2D eigenvalue weighted by atomic mass is 10.2. The zero-order valence-corrected chi connectivity index (χ0v) is 18.9. The fraction of sp³-hybridized carbons (Fsp3) is 0.261. The Morgan fingerprint density at radius 1 is 1.09 bits per heavy atom. The molecule has 0 saturated carbocycles. The maximum atomic E-state index is 13.9. The van der Waals surface area contributed by atoms with Gasteiger partial charge >= 0.3 is 0 Å². The third kappa shape index (κ3) is 4.96. The van der Waals surface area contributed by atoms with Gasteiger partial charge in [-0.2, -0.15) is 0 Å². The predicted octanol–water partition coefficient (Wildman–Crippen LogP) is 3.87. The summed E-state index contributed by atoms with van der Waals surface area (Å²) in [5.41, 5.74) is 3.09. The number of thiazole rings is 1. The number of fused-ring (bicyclic) bond motifs is 2. The fourth-order valence-electron chi connectivity index (χ4n) is 3.62. The summed E-state index contributed by atoms with van der Waals surface area (Å²) < 4.78 is 13.9. The van der Waals surface area contributed by atoms with Crippen molar-refractivity contribution < 1.29 is 4.39 Å². The lowest BCUT2D eigenvalue weighted by Crippen LogP contribution is -2.30. The second-order valence-corrected chi connectivity index (χ2v) is 8.84. The largest absolute Gasteiger partial charge is 0.362 e. The van der Waals surface area contributed by atoms with Gasteiger partial charge in [-0.05, 0) is 31.2 Å². The Hall–Kier alpha value is -3.50. The molecule has 0 bridgehead atoms. The Morgan fingerprint density at radius 2 is 2.00 bits per heavy atom. The number of benzene rings is 1. The molecule has 4 aromatic heterocycles. The molecule has 33 heavy (non-hydrogen) atoms. The number of nitrogens with zero attached hydrogens (tertiary/aromatic N) is 5. The smallest absolute Gasteiger partial charge is 0.157 e. The van der Waals surface area contributed by atoms with Gasteiger partial charge in [-0.25, -0.2) is 24.3 Å². The van der Waals surface area contributed by atoms with Crippen LogP contribution in [0.2, 0.25) is 0 Å². The van der Waals surface area contributed by atoms with E-state index in [4.69, 9.17) is 4.98 Å². The van der Waals surface area contributed by atoms with Crippen LogP contribution < -0.4 is 10.6 Å². The van der Waals surface area contributed by atoms with Gasteiger partial charge in [0, 0.05) is 31.6 Å². The van der Waals surface area contributed by atoms with E-state index in [1.54, 1.807) is 23.6 Å². The topological polar surface area (TPSA) is 104 Å². The average molecular weight is 463 g/mol. The van der Waals surface area contributed by atoms with Crippen molar-refractivity contribution in [2.45, 2.75) is 32.4 Å². The number of hydrogen-bond donors (Lipinski definition) is 3. The zero-order valence-electron chi connectivity index (χ0n) is 18.0. The van der Waals surface area contributed by atoms with Gasteiger partial charge in [-0.1, -0.05) is 23.5 Å². The van der Waals surface area contributed by atoms with Crippen molar-refractivity contribution in [2.24, 2.45) is 0 Å². The third-order valence-corrected chi connectivity index (χ3v) is 6.26. The van der Waals surface area contributed by atoms with Gasteiger partial charge in [-0.3, -0.25) is 4.98 Å². The number of rotatable bonds is 9. The Kier molecular flexibility index (Phi) is 6.18. The molecular weight excluding hydrogens is 439 g/mol. The van der Waals surface area contributed by atoms with Crippen molar-refractivity contribution in [2.75, 3.05) is 11.9 Å². The van der Waals surface area contributed by atoms with E-state index in [0.717, 1.165) is 46.1 Å². The molecule has 4 heterocycles. The SMILES string of the molecule is C[C@H](Cc1nc2c(NCc3ncccc3F)ncnc2s1)NCCc1nc2ccccc2[nH]1. The zero-order chi connectivity index (χ0) is 22.6. The van der Waals surface area contributed by atoms with Crippen molar-refractivity contribution in [3.05, 3.63) is 71.3 Å². The van der Waals surface area contributed by atoms with E-state index >= 15 is 0 Å². The first-order valence-corrected chi connectivity index (χ1v) is 11.6. The standard InChI is InChI=1S/C23H23FN8S/c1-14(25-10-8-19-30-16-6-2-3-7-17(16)31-19)11-20-32-21-22(28-13-29-23(21)33-20)27-12-18-15(24)5-4-9-26-18/h2-7,9,13-14,25H,8,10-12H2,1H3,(H,30,31)(H,27,28,29)/t14-/m1/s1. The molecule has 3 N–H and O–H groups in total. The van der Waals surface area contributed by atoms with Crippen LogP contribution in [0.4, 0.5) is 10.2 Å². The summed E-state index contributed by atoms with van der Waals surface area (Å²) in [7, 11) is 0. The van der Waals surface area contributed by atoms with E-state index < -0.39 is 0 Å². The van der Waals surface area contributed by atoms with Gasteiger partial charge in [0.1, 0.15) is 28.3 Å². The van der Waals surface area contributed by atoms with Crippen LogP contribution in [0.25, 0.3) is 21.4 Å². The maximum Gasteiger partial charge on any atom is 0.157 e. The number of aromatic amines is 1. The third-order valence-electron chi connectivity index (χ3n) is 5.27. The fourth-order valence-corrected chi connectivity index (χ4v) is 4.66. The Bertz CT molecular complexity index is 1350. The van der Waals surface area contributed by atoms with Gasteiger partial charge in [-0.15, -0.1) is 0 Å². The van der Waals surface area contributed by atoms with Crippen LogP contribution in [-0.2, 0) is 19.4 Å². The molecule has 0 radical (unpaired) electrons. The number of nitrogens with one attached hydrogen (secondary N) is 3. The summed E-state index contributed by atoms with van der Waals surface area (Å²) in [6, 6.07) is 11.2. The molecule has 168 valence electrons. The lowest BCUT2D eigenvalue weighted by Gasteiger charge is -2.11. The van der Waals surface area contributed by atoms with Crippen LogP contribution in [0.5, 0.6) is 0 Å². The van der Waals surface area contributed by atoms with Gasteiger partial charge in [0.25, 0.3) is 0 Å². The number of anilines is 1. The molecule has 5 rings (SSSR count). The summed E-state index contributed by atoms with van der Waals surface area (Å²) in [6.45, 7) is 3.18. The number of halogens is 1. The quantitative estimate of drug-likeness (QED) is 0.305. The molecule has 1 atom stereocenters. The van der Waals surface area contributed by atoms with Crippen LogP contribution in [0.1, 0.15) is 23.4 Å². The van der Waals surface area contributed by atoms with Crippen molar-refractivity contribution >= 4 is 38.5 Å². The van der Waals surface area contributed by atoms with Crippen LogP contribution in [0, 0.1) is 5.82 Å². The van der Waals surface area contributed by atoms with Crippen LogP contribution in [0.15, 0.2) is 48.9 Å². The molecule has 1 aromatic carbocycles. The molecule has 0 aliphatic heterocycles. The Morgan fingerprint density at radius 3 is 2.88 bits per heavy atom.